The van der Waals surface area contributed by atoms with E-state index < -0.39 is 0 Å². The van der Waals surface area contributed by atoms with Gasteiger partial charge >= 0.3 is 0 Å². The van der Waals surface area contributed by atoms with Gasteiger partial charge < -0.3 is 19.9 Å². The van der Waals surface area contributed by atoms with Crippen LogP contribution in [-0.4, -0.2) is 25.9 Å². The summed E-state index contributed by atoms with van der Waals surface area (Å²) in [4.78, 5) is 0. The van der Waals surface area contributed by atoms with Crippen molar-refractivity contribution >= 4 is 15.9 Å². The van der Waals surface area contributed by atoms with E-state index in [1.165, 1.54) is 5.56 Å². The van der Waals surface area contributed by atoms with Gasteiger partial charge in [-0.1, -0.05) is 15.9 Å². The van der Waals surface area contributed by atoms with Crippen molar-refractivity contribution in [2.75, 3.05) is 20.8 Å². The van der Waals surface area contributed by atoms with Crippen molar-refractivity contribution in [1.29, 1.82) is 0 Å². The summed E-state index contributed by atoms with van der Waals surface area (Å²) in [6.07, 6.45) is 0.973. The van der Waals surface area contributed by atoms with Crippen LogP contribution >= 0.6 is 15.9 Å². The van der Waals surface area contributed by atoms with Crippen molar-refractivity contribution in [2.24, 2.45) is 0 Å². The quantitative estimate of drug-likeness (QED) is 0.878. The summed E-state index contributed by atoms with van der Waals surface area (Å²) in [6, 6.07) is 9.67. The monoisotopic (exact) mass is 364 g/mol. The Morgan fingerprint density at radius 1 is 1.09 bits per heavy atom. The molecule has 3 N–H and O–H groups in total. The molecule has 0 unspecified atom stereocenters. The third-order valence-corrected chi connectivity index (χ3v) is 4.61. The molecule has 0 fully saturated rings. The molecule has 0 bridgehead atoms. The maximum Gasteiger partial charge on any atom is 0.161 e. The summed E-state index contributed by atoms with van der Waals surface area (Å²) < 4.78 is 11.8. The van der Waals surface area contributed by atoms with E-state index in [4.69, 9.17) is 9.47 Å². The molecule has 0 saturated carbocycles. The summed E-state index contributed by atoms with van der Waals surface area (Å²) in [5.74, 6) is 1.78. The number of quaternary nitrogens is 1. The standard InChI is InChI=1S/C17H18BrNO3/c1-21-15-7-10-5-6-19-17(12(10)9-16(15)22-2)13-8-11(18)3-4-14(13)20/h3-4,7-9,17,19-20H,5-6H2,1-2H3/p+1/t17-/m0/s1. The predicted octanol–water partition coefficient (Wildman–Crippen LogP) is 2.38. The molecule has 4 nitrogen and oxygen atoms in total. The van der Waals surface area contributed by atoms with Crippen LogP contribution in [0.5, 0.6) is 17.2 Å². The van der Waals surface area contributed by atoms with E-state index in [0.717, 1.165) is 40.1 Å². The first kappa shape index (κ1) is 15.2. The molecule has 0 spiro atoms. The zero-order valence-corrected chi connectivity index (χ0v) is 14.2. The number of hydrogen-bond donors (Lipinski definition) is 2. The number of fused-ring (bicyclic) bond motifs is 1. The molecule has 22 heavy (non-hydrogen) atoms. The number of ether oxygens (including phenoxy) is 2. The summed E-state index contributed by atoms with van der Waals surface area (Å²) >= 11 is 3.48. The lowest BCUT2D eigenvalue weighted by molar-refractivity contribution is -0.690. The van der Waals surface area contributed by atoms with Crippen molar-refractivity contribution in [2.45, 2.75) is 12.5 Å². The zero-order chi connectivity index (χ0) is 15.7. The molecule has 116 valence electrons. The van der Waals surface area contributed by atoms with Crippen molar-refractivity contribution < 1.29 is 19.9 Å². The molecule has 0 radical (unpaired) electrons. The minimum absolute atomic E-state index is 0.0565. The van der Waals surface area contributed by atoms with Gasteiger partial charge in [-0.2, -0.15) is 0 Å². The van der Waals surface area contributed by atoms with Crippen LogP contribution < -0.4 is 14.8 Å². The number of phenols is 1. The molecule has 0 aliphatic carbocycles. The highest BCUT2D eigenvalue weighted by molar-refractivity contribution is 9.10. The van der Waals surface area contributed by atoms with Crippen LogP contribution in [0.25, 0.3) is 0 Å². The molecule has 1 atom stereocenters. The van der Waals surface area contributed by atoms with E-state index in [0.29, 0.717) is 5.75 Å². The van der Waals surface area contributed by atoms with Gasteiger partial charge in [0, 0.05) is 16.5 Å². The second kappa shape index (κ2) is 6.18. The van der Waals surface area contributed by atoms with Crippen LogP contribution in [0.1, 0.15) is 22.7 Å². The number of rotatable bonds is 3. The van der Waals surface area contributed by atoms with E-state index in [2.05, 4.69) is 21.2 Å². The molecule has 0 aromatic heterocycles. The first-order valence-electron chi connectivity index (χ1n) is 7.20. The molecule has 0 saturated heterocycles. The Balaban J connectivity index is 2.13. The molecule has 2 aromatic carbocycles. The van der Waals surface area contributed by atoms with Gasteiger partial charge in [-0.3, -0.25) is 0 Å². The van der Waals surface area contributed by atoms with E-state index in [-0.39, 0.29) is 6.04 Å². The lowest BCUT2D eigenvalue weighted by atomic mass is 9.89. The Morgan fingerprint density at radius 3 is 2.55 bits per heavy atom. The smallest absolute Gasteiger partial charge is 0.161 e. The van der Waals surface area contributed by atoms with Gasteiger partial charge in [0.05, 0.1) is 26.3 Å². The van der Waals surface area contributed by atoms with E-state index >= 15 is 0 Å². The molecule has 3 rings (SSSR count). The Bertz CT molecular complexity index is 703. The Kier molecular flexibility index (Phi) is 4.27. The molecule has 1 heterocycles. The van der Waals surface area contributed by atoms with Gasteiger partial charge in [0.1, 0.15) is 11.8 Å². The highest BCUT2D eigenvalue weighted by Crippen LogP contribution is 2.38. The van der Waals surface area contributed by atoms with Gasteiger partial charge in [0.2, 0.25) is 0 Å². The van der Waals surface area contributed by atoms with Crippen LogP contribution in [0, 0.1) is 0 Å². The Morgan fingerprint density at radius 2 is 1.82 bits per heavy atom. The maximum absolute atomic E-state index is 10.2. The van der Waals surface area contributed by atoms with Crippen LogP contribution in [0.2, 0.25) is 0 Å². The zero-order valence-electron chi connectivity index (χ0n) is 12.6. The van der Waals surface area contributed by atoms with Crippen molar-refractivity contribution in [3.8, 4) is 17.2 Å². The lowest BCUT2D eigenvalue weighted by Crippen LogP contribution is -2.87. The van der Waals surface area contributed by atoms with Gasteiger partial charge in [0.15, 0.2) is 11.5 Å². The van der Waals surface area contributed by atoms with E-state index in [1.807, 2.05) is 24.3 Å². The highest BCUT2D eigenvalue weighted by Gasteiger charge is 2.29. The van der Waals surface area contributed by atoms with E-state index in [9.17, 15) is 5.11 Å². The number of benzene rings is 2. The molecule has 2 aromatic rings. The Labute approximate surface area is 138 Å². The van der Waals surface area contributed by atoms with Crippen LogP contribution in [0.3, 0.4) is 0 Å². The average Bonchev–Trinajstić information content (AvgIpc) is 2.55. The summed E-state index contributed by atoms with van der Waals surface area (Å²) in [7, 11) is 3.29. The van der Waals surface area contributed by atoms with Gasteiger partial charge in [-0.25, -0.2) is 0 Å². The maximum atomic E-state index is 10.2. The number of nitrogens with two attached hydrogens (primary N) is 1. The van der Waals surface area contributed by atoms with Gasteiger partial charge in [-0.15, -0.1) is 0 Å². The van der Waals surface area contributed by atoms with Gasteiger partial charge in [0.25, 0.3) is 0 Å². The fraction of sp³-hybridized carbons (Fsp3) is 0.294. The SMILES string of the molecule is COc1cc2c(cc1OC)[C@@H](c1cc(Br)ccc1O)[NH2+]CC2. The van der Waals surface area contributed by atoms with Crippen molar-refractivity contribution in [3.05, 3.63) is 51.5 Å². The van der Waals surface area contributed by atoms with Gasteiger partial charge in [-0.05, 0) is 35.9 Å². The molecular weight excluding hydrogens is 346 g/mol. The molecule has 1 aliphatic heterocycles. The second-order valence-electron chi connectivity index (χ2n) is 5.36. The minimum atomic E-state index is 0.0565. The molecule has 0 amide bonds. The number of halogens is 1. The predicted molar refractivity (Wildman–Crippen MR) is 87.7 cm³/mol. The average molecular weight is 365 g/mol. The molecule has 5 heteroatoms. The number of methoxy groups -OCH3 is 2. The topological polar surface area (TPSA) is 55.3 Å². The normalized spacial score (nSPS) is 17.0. The molecular formula is C17H19BrNO3+. The van der Waals surface area contributed by atoms with E-state index in [1.54, 1.807) is 20.3 Å². The highest BCUT2D eigenvalue weighted by atomic mass is 79.9. The largest absolute Gasteiger partial charge is 0.507 e. The fourth-order valence-corrected chi connectivity index (χ4v) is 3.42. The summed E-state index contributed by atoms with van der Waals surface area (Å²) in [6.45, 7) is 0.971. The Hall–Kier alpha value is -1.72. The first-order chi connectivity index (χ1) is 10.6. The van der Waals surface area contributed by atoms with Crippen LogP contribution in [0.15, 0.2) is 34.8 Å². The summed E-state index contributed by atoms with van der Waals surface area (Å²) in [5, 5.41) is 12.5. The minimum Gasteiger partial charge on any atom is -0.507 e. The van der Waals surface area contributed by atoms with Crippen molar-refractivity contribution in [1.82, 2.24) is 0 Å². The number of phenolic OH excluding ortho intramolecular Hbond substituents is 1. The van der Waals surface area contributed by atoms with Crippen molar-refractivity contribution in [3.63, 3.8) is 0 Å². The van der Waals surface area contributed by atoms with Crippen LogP contribution in [-0.2, 0) is 6.42 Å². The number of aromatic hydroxyl groups is 1. The van der Waals surface area contributed by atoms with Crippen LogP contribution in [0.4, 0.5) is 0 Å². The third kappa shape index (κ3) is 2.66. The molecule has 1 aliphatic rings. The lowest BCUT2D eigenvalue weighted by Gasteiger charge is -2.26. The first-order valence-corrected chi connectivity index (χ1v) is 8.00. The fourth-order valence-electron chi connectivity index (χ4n) is 3.04. The second-order valence-corrected chi connectivity index (χ2v) is 6.28. The third-order valence-electron chi connectivity index (χ3n) is 4.12. The number of hydrogen-bond acceptors (Lipinski definition) is 3. The summed E-state index contributed by atoms with van der Waals surface area (Å²) in [5.41, 5.74) is 3.31.